The van der Waals surface area contributed by atoms with Crippen LogP contribution < -0.4 is 15.4 Å². The molecule has 0 radical (unpaired) electrons. The van der Waals surface area contributed by atoms with E-state index in [0.717, 1.165) is 58.2 Å². The summed E-state index contributed by atoms with van der Waals surface area (Å²) in [6.07, 6.45) is -4.53. The van der Waals surface area contributed by atoms with Gasteiger partial charge < -0.3 is 30.0 Å². The molecule has 0 saturated carbocycles. The molecule has 0 aliphatic heterocycles. The van der Waals surface area contributed by atoms with Crippen LogP contribution in [0.2, 0.25) is 0 Å². The molecule has 0 aliphatic carbocycles. The maximum Gasteiger partial charge on any atom is 0.433 e. The number of thiophene rings is 2. The van der Waals surface area contributed by atoms with E-state index in [0.29, 0.717) is 37.4 Å². The van der Waals surface area contributed by atoms with E-state index in [1.165, 1.54) is 23.5 Å². The molecule has 7 rings (SSSR count). The molecule has 0 saturated heterocycles. The second kappa shape index (κ2) is 19.7. The number of methoxy groups -OCH3 is 2. The standard InChI is InChI=1S/C25H21F3N2O3S.C19H19NO3S/c1-32-12-11-29-24(31)18-7-2-5-16(13-18)20-8-3-6-17-14-19(34-23(17)20)15-33-22-10-4-9-21(30-22)25(26,27)28;1-23-9-8-20-19(22)15-6-2-4-13(10-15)17-7-3-5-14-11-16(12-21)24-18(14)17/h2-10,13-14H,11-12,15H2,1H3,(H,29,31);2-7,10-11,21H,8-9,12H2,1H3,(H,20,22). The van der Waals surface area contributed by atoms with Crippen LogP contribution in [0.5, 0.6) is 5.88 Å². The summed E-state index contributed by atoms with van der Waals surface area (Å²) in [6.45, 7) is 1.96. The van der Waals surface area contributed by atoms with Crippen molar-refractivity contribution >= 4 is 54.7 Å². The summed E-state index contributed by atoms with van der Waals surface area (Å²) in [6, 6.07) is 34.4. The number of halogens is 3. The average Bonchev–Trinajstić information content (AvgIpc) is 3.87. The van der Waals surface area contributed by atoms with Gasteiger partial charge in [-0.05, 0) is 75.5 Å². The summed E-state index contributed by atoms with van der Waals surface area (Å²) in [5.74, 6) is -0.372. The van der Waals surface area contributed by atoms with E-state index in [-0.39, 0.29) is 30.9 Å². The number of hydrogen-bond donors (Lipinski definition) is 3. The van der Waals surface area contributed by atoms with Crippen LogP contribution >= 0.6 is 22.7 Å². The minimum Gasteiger partial charge on any atom is -0.472 e. The Morgan fingerprint density at radius 2 is 1.17 bits per heavy atom. The molecule has 0 fully saturated rings. The molecule has 300 valence electrons. The van der Waals surface area contributed by atoms with E-state index < -0.39 is 11.9 Å². The first kappa shape index (κ1) is 42.0. The van der Waals surface area contributed by atoms with Gasteiger partial charge in [-0.1, -0.05) is 66.7 Å². The van der Waals surface area contributed by atoms with Gasteiger partial charge in [0.1, 0.15) is 12.3 Å². The summed E-state index contributed by atoms with van der Waals surface area (Å²) >= 11 is 3.07. The molecular weight excluding hydrogens is 788 g/mol. The molecule has 0 aliphatic rings. The van der Waals surface area contributed by atoms with Crippen molar-refractivity contribution in [3.63, 3.8) is 0 Å². The molecule has 58 heavy (non-hydrogen) atoms. The van der Waals surface area contributed by atoms with Crippen molar-refractivity contribution in [2.45, 2.75) is 19.4 Å². The minimum atomic E-state index is -4.53. The number of rotatable bonds is 14. The number of amides is 2. The topological polar surface area (TPSA) is 119 Å². The van der Waals surface area contributed by atoms with Gasteiger partial charge in [-0.15, -0.1) is 22.7 Å². The van der Waals surface area contributed by atoms with Gasteiger partial charge in [0.2, 0.25) is 5.88 Å². The van der Waals surface area contributed by atoms with Crippen LogP contribution in [0.25, 0.3) is 42.4 Å². The first-order chi connectivity index (χ1) is 28.1. The summed E-state index contributed by atoms with van der Waals surface area (Å²) in [5.41, 5.74) is 4.09. The molecule has 0 unspecified atom stereocenters. The van der Waals surface area contributed by atoms with Gasteiger partial charge in [0.25, 0.3) is 11.8 Å². The number of benzene rings is 4. The van der Waals surface area contributed by atoms with Crippen molar-refractivity contribution < 1.29 is 42.1 Å². The SMILES string of the molecule is COCCNC(=O)c1cccc(-c2cccc3cc(CO)sc23)c1.COCCNC(=O)c1cccc(-c2cccc3cc(COc4cccc(C(F)(F)F)n4)sc23)c1. The number of alkyl halides is 3. The maximum atomic E-state index is 12.9. The molecule has 0 spiro atoms. The Hall–Kier alpha value is -5.64. The van der Waals surface area contributed by atoms with E-state index in [9.17, 15) is 27.9 Å². The Morgan fingerprint density at radius 3 is 1.69 bits per heavy atom. The monoisotopic (exact) mass is 827 g/mol. The van der Waals surface area contributed by atoms with Crippen LogP contribution in [0.15, 0.2) is 115 Å². The molecular formula is C44H40F3N3O6S2. The van der Waals surface area contributed by atoms with Gasteiger partial charge in [-0.2, -0.15) is 13.2 Å². The number of carbonyl (C=O) groups excluding carboxylic acids is 2. The van der Waals surface area contributed by atoms with Crippen molar-refractivity contribution in [1.82, 2.24) is 15.6 Å². The first-order valence-corrected chi connectivity index (χ1v) is 19.8. The minimum absolute atomic E-state index is 0.0424. The van der Waals surface area contributed by atoms with Gasteiger partial charge in [0.15, 0.2) is 0 Å². The summed E-state index contributed by atoms with van der Waals surface area (Å²) in [4.78, 5) is 30.0. The van der Waals surface area contributed by atoms with E-state index in [4.69, 9.17) is 14.2 Å². The highest BCUT2D eigenvalue weighted by molar-refractivity contribution is 7.20. The Labute approximate surface area is 341 Å². The fourth-order valence-corrected chi connectivity index (χ4v) is 8.19. The van der Waals surface area contributed by atoms with Crippen molar-refractivity contribution in [3.05, 3.63) is 142 Å². The number of aliphatic hydroxyl groups excluding tert-OH is 1. The lowest BCUT2D eigenvalue weighted by atomic mass is 10.0. The van der Waals surface area contributed by atoms with Crippen molar-refractivity contribution in [2.24, 2.45) is 0 Å². The third-order valence-corrected chi connectivity index (χ3v) is 11.1. The first-order valence-electron chi connectivity index (χ1n) is 18.1. The van der Waals surface area contributed by atoms with E-state index in [2.05, 4.69) is 15.6 Å². The largest absolute Gasteiger partial charge is 0.472 e. The van der Waals surface area contributed by atoms with Crippen LogP contribution in [0.4, 0.5) is 13.2 Å². The highest BCUT2D eigenvalue weighted by atomic mass is 32.1. The lowest BCUT2D eigenvalue weighted by Gasteiger charge is -2.08. The normalized spacial score (nSPS) is 11.3. The third-order valence-electron chi connectivity index (χ3n) is 8.78. The van der Waals surface area contributed by atoms with E-state index >= 15 is 0 Å². The number of nitrogens with one attached hydrogen (secondary N) is 2. The number of aromatic nitrogens is 1. The number of aliphatic hydroxyl groups is 1. The number of fused-ring (bicyclic) bond motifs is 2. The summed E-state index contributed by atoms with van der Waals surface area (Å²) in [5, 5.41) is 17.1. The smallest absolute Gasteiger partial charge is 0.433 e. The zero-order chi connectivity index (χ0) is 41.1. The van der Waals surface area contributed by atoms with Crippen LogP contribution in [0.3, 0.4) is 0 Å². The number of hydrogen-bond acceptors (Lipinski definition) is 9. The number of ether oxygens (including phenoxy) is 3. The van der Waals surface area contributed by atoms with Crippen LogP contribution in [0, 0.1) is 0 Å². The van der Waals surface area contributed by atoms with Gasteiger partial charge >= 0.3 is 6.18 Å². The quantitative estimate of drug-likeness (QED) is 0.0936. The maximum absolute atomic E-state index is 12.9. The number of pyridine rings is 1. The molecule has 3 N–H and O–H groups in total. The number of carbonyl (C=O) groups is 2. The second-order valence-electron chi connectivity index (χ2n) is 12.8. The molecule has 7 aromatic rings. The van der Waals surface area contributed by atoms with Gasteiger partial charge in [0.05, 0.1) is 19.8 Å². The zero-order valence-corrected chi connectivity index (χ0v) is 33.2. The highest BCUT2D eigenvalue weighted by Crippen LogP contribution is 2.37. The zero-order valence-electron chi connectivity index (χ0n) is 31.6. The third kappa shape index (κ3) is 10.6. The fourth-order valence-electron chi connectivity index (χ4n) is 6.03. The molecule has 0 bridgehead atoms. The molecule has 4 aromatic carbocycles. The molecule has 3 heterocycles. The van der Waals surface area contributed by atoms with Crippen LogP contribution in [0.1, 0.15) is 36.2 Å². The van der Waals surface area contributed by atoms with Gasteiger partial charge in [-0.3, -0.25) is 9.59 Å². The van der Waals surface area contributed by atoms with E-state index in [1.54, 1.807) is 37.7 Å². The molecule has 0 atom stereocenters. The van der Waals surface area contributed by atoms with Gasteiger partial charge in [0, 0.05) is 63.7 Å². The Morgan fingerprint density at radius 1 is 0.672 bits per heavy atom. The van der Waals surface area contributed by atoms with Gasteiger partial charge in [-0.25, -0.2) is 4.98 Å². The van der Waals surface area contributed by atoms with Crippen LogP contribution in [-0.2, 0) is 28.9 Å². The predicted octanol–water partition coefficient (Wildman–Crippen LogP) is 9.37. The Kier molecular flexibility index (Phi) is 14.2. The molecule has 9 nitrogen and oxygen atoms in total. The van der Waals surface area contributed by atoms with E-state index in [1.807, 2.05) is 84.9 Å². The molecule has 2 amide bonds. The summed E-state index contributed by atoms with van der Waals surface area (Å²) in [7, 11) is 3.18. The molecule has 14 heteroatoms. The summed E-state index contributed by atoms with van der Waals surface area (Å²) < 4.78 is 56.2. The predicted molar refractivity (Wildman–Crippen MR) is 222 cm³/mol. The average molecular weight is 828 g/mol. The van der Waals surface area contributed by atoms with Crippen molar-refractivity contribution in [2.75, 3.05) is 40.5 Å². The van der Waals surface area contributed by atoms with Crippen molar-refractivity contribution in [3.8, 4) is 28.1 Å². The Bertz CT molecular complexity index is 2500. The lowest BCUT2D eigenvalue weighted by Crippen LogP contribution is -2.26. The highest BCUT2D eigenvalue weighted by Gasteiger charge is 2.32. The van der Waals surface area contributed by atoms with Crippen LogP contribution in [-0.4, -0.2) is 62.4 Å². The Balaban J connectivity index is 0.000000208. The number of nitrogens with zero attached hydrogens (tertiary/aromatic N) is 1. The molecule has 3 aromatic heterocycles. The second-order valence-corrected chi connectivity index (χ2v) is 15.1. The lowest BCUT2D eigenvalue weighted by molar-refractivity contribution is -0.141. The van der Waals surface area contributed by atoms with Crippen molar-refractivity contribution in [1.29, 1.82) is 0 Å². The fraction of sp³-hybridized carbons (Fsp3) is 0.205.